The van der Waals surface area contributed by atoms with Gasteiger partial charge in [0.1, 0.15) is 6.10 Å². The summed E-state index contributed by atoms with van der Waals surface area (Å²) in [6.07, 6.45) is 9.42. The van der Waals surface area contributed by atoms with Gasteiger partial charge >= 0.3 is 5.97 Å². The highest BCUT2D eigenvalue weighted by molar-refractivity contribution is 8.14. The van der Waals surface area contributed by atoms with Gasteiger partial charge in [-0.3, -0.25) is 4.79 Å². The number of amides is 1. The molecule has 2 N–H and O–H groups in total. The summed E-state index contributed by atoms with van der Waals surface area (Å²) in [6.45, 7) is 4.10. The van der Waals surface area contributed by atoms with E-state index < -0.39 is 17.9 Å². The fraction of sp³-hybridized carbons (Fsp3) is 0.700. The third-order valence-electron chi connectivity index (χ3n) is 5.40. The number of hydrogen-bond donors (Lipinski definition) is 2. The second-order valence-electron chi connectivity index (χ2n) is 7.89. The van der Waals surface area contributed by atoms with Crippen LogP contribution < -0.4 is 5.32 Å². The van der Waals surface area contributed by atoms with Crippen LogP contribution in [-0.2, 0) is 14.3 Å². The zero-order valence-electron chi connectivity index (χ0n) is 16.0. The Balaban J connectivity index is 1.78. The quantitative estimate of drug-likeness (QED) is 0.523. The smallest absolute Gasteiger partial charge is 0.330 e. The maximum atomic E-state index is 12.3. The summed E-state index contributed by atoms with van der Waals surface area (Å²) in [4.78, 5) is 23.9. The van der Waals surface area contributed by atoms with Crippen LogP contribution in [0.25, 0.3) is 0 Å². The zero-order valence-corrected chi connectivity index (χ0v) is 16.8. The second kappa shape index (κ2) is 8.80. The predicted octanol–water partition coefficient (Wildman–Crippen LogP) is 3.30. The lowest BCUT2D eigenvalue weighted by atomic mass is 9.90. The molecule has 0 radical (unpaired) electrons. The van der Waals surface area contributed by atoms with E-state index in [1.807, 2.05) is 6.92 Å². The molecule has 2 saturated heterocycles. The number of hydrogen-bond acceptors (Lipinski definition) is 6. The molecule has 0 aromatic rings. The molecule has 7 heteroatoms. The number of fused-ring (bicyclic) bond motifs is 2. The highest BCUT2D eigenvalue weighted by atomic mass is 32.2. The monoisotopic (exact) mass is 395 g/mol. The van der Waals surface area contributed by atoms with Gasteiger partial charge in [0, 0.05) is 24.7 Å². The average molecular weight is 396 g/mol. The average Bonchev–Trinajstić information content (AvgIpc) is 3.03. The number of thioether (sulfide) groups is 1. The first-order valence-electron chi connectivity index (χ1n) is 9.72. The Bertz CT molecular complexity index is 634. The molecular formula is C20H29NO5S. The van der Waals surface area contributed by atoms with E-state index in [9.17, 15) is 14.7 Å². The molecular weight excluding hydrogens is 366 g/mol. The molecule has 0 aliphatic carbocycles. The number of ether oxygens (including phenoxy) is 2. The molecule has 4 unspecified atom stereocenters. The van der Waals surface area contributed by atoms with E-state index in [0.29, 0.717) is 18.1 Å². The van der Waals surface area contributed by atoms with Gasteiger partial charge in [-0.15, -0.1) is 0 Å². The molecule has 0 spiro atoms. The molecule has 150 valence electrons. The van der Waals surface area contributed by atoms with Crippen LogP contribution in [0.15, 0.2) is 23.8 Å². The minimum Gasteiger partial charge on any atom is -0.459 e. The van der Waals surface area contributed by atoms with E-state index in [1.165, 1.54) is 0 Å². The Morgan fingerprint density at radius 2 is 2.11 bits per heavy atom. The Hall–Kier alpha value is -1.31. The molecule has 27 heavy (non-hydrogen) atoms. The standard InChI is InChI=1S/C20H29NO5S/c1-13-5-3-4-6-14(2)9-18(22)25-16-10-15(8-7-13)26-20(24,11-16)17-12-27-19(23)21-17/h3,5,9,13,15-17,24H,4,6-8,10-12H2,1-2H3,(H,21,23)/t13?,15?,16?,17?,20-/m1/s1. The molecule has 0 saturated carbocycles. The lowest BCUT2D eigenvalue weighted by molar-refractivity contribution is -0.283. The van der Waals surface area contributed by atoms with Crippen molar-refractivity contribution in [3.63, 3.8) is 0 Å². The summed E-state index contributed by atoms with van der Waals surface area (Å²) in [6, 6.07) is -0.493. The summed E-state index contributed by atoms with van der Waals surface area (Å²) in [7, 11) is 0. The predicted molar refractivity (Wildman–Crippen MR) is 104 cm³/mol. The van der Waals surface area contributed by atoms with Crippen LogP contribution in [0.3, 0.4) is 0 Å². The van der Waals surface area contributed by atoms with Crippen molar-refractivity contribution < 1.29 is 24.2 Å². The van der Waals surface area contributed by atoms with Gasteiger partial charge in [-0.2, -0.15) is 0 Å². The zero-order chi connectivity index (χ0) is 19.4. The number of rotatable bonds is 1. The molecule has 0 aromatic heterocycles. The van der Waals surface area contributed by atoms with E-state index >= 15 is 0 Å². The summed E-state index contributed by atoms with van der Waals surface area (Å²) < 4.78 is 11.7. The van der Waals surface area contributed by atoms with E-state index in [4.69, 9.17) is 9.47 Å². The van der Waals surface area contributed by atoms with Crippen LogP contribution in [0.2, 0.25) is 0 Å². The van der Waals surface area contributed by atoms with Gasteiger partial charge in [-0.1, -0.05) is 36.4 Å². The first-order valence-corrected chi connectivity index (χ1v) is 10.7. The van der Waals surface area contributed by atoms with Crippen LogP contribution >= 0.6 is 11.8 Å². The van der Waals surface area contributed by atoms with Gasteiger partial charge in [0.15, 0.2) is 5.79 Å². The maximum Gasteiger partial charge on any atom is 0.330 e. The van der Waals surface area contributed by atoms with Gasteiger partial charge in [-0.05, 0) is 38.5 Å². The topological polar surface area (TPSA) is 84.9 Å². The van der Waals surface area contributed by atoms with Crippen molar-refractivity contribution in [2.24, 2.45) is 5.92 Å². The Morgan fingerprint density at radius 1 is 1.30 bits per heavy atom. The van der Waals surface area contributed by atoms with Crippen molar-refractivity contribution in [2.75, 3.05) is 5.75 Å². The van der Waals surface area contributed by atoms with Crippen LogP contribution in [0, 0.1) is 5.92 Å². The SMILES string of the molecule is CC1=CC(=O)OC2CC(CCC(C)C=CCC1)O[C@@](O)(C1CSC(=O)N1)C2. The van der Waals surface area contributed by atoms with Crippen LogP contribution in [0.5, 0.6) is 0 Å². The van der Waals surface area contributed by atoms with Gasteiger partial charge in [0.25, 0.3) is 5.24 Å². The van der Waals surface area contributed by atoms with Crippen molar-refractivity contribution in [1.82, 2.24) is 5.32 Å². The Labute approximate surface area is 164 Å². The summed E-state index contributed by atoms with van der Waals surface area (Å²) >= 11 is 1.14. The first kappa shape index (κ1) is 20.4. The first-order chi connectivity index (χ1) is 12.8. The van der Waals surface area contributed by atoms with Crippen molar-refractivity contribution in [1.29, 1.82) is 0 Å². The second-order valence-corrected chi connectivity index (χ2v) is 8.88. The highest BCUT2D eigenvalue weighted by Crippen LogP contribution is 2.37. The van der Waals surface area contributed by atoms with Crippen LogP contribution in [-0.4, -0.2) is 46.1 Å². The largest absolute Gasteiger partial charge is 0.459 e. The van der Waals surface area contributed by atoms with Gasteiger partial charge < -0.3 is 19.9 Å². The fourth-order valence-electron chi connectivity index (χ4n) is 3.86. The van der Waals surface area contributed by atoms with Crippen LogP contribution in [0.1, 0.15) is 52.4 Å². The van der Waals surface area contributed by atoms with Gasteiger partial charge in [0.05, 0.1) is 12.1 Å². The fourth-order valence-corrected chi connectivity index (χ4v) is 4.75. The molecule has 3 aliphatic rings. The summed E-state index contributed by atoms with van der Waals surface area (Å²) in [5.74, 6) is -1.03. The molecule has 0 aromatic carbocycles. The molecule has 3 aliphatic heterocycles. The third-order valence-corrected chi connectivity index (χ3v) is 6.28. The minimum atomic E-state index is -1.51. The lowest BCUT2D eigenvalue weighted by Crippen LogP contribution is -2.58. The van der Waals surface area contributed by atoms with Gasteiger partial charge in [0.2, 0.25) is 0 Å². The molecule has 3 heterocycles. The maximum absolute atomic E-state index is 12.3. The minimum absolute atomic E-state index is 0.160. The van der Waals surface area contributed by atoms with Crippen LogP contribution in [0.4, 0.5) is 4.79 Å². The molecule has 3 rings (SSSR count). The van der Waals surface area contributed by atoms with Crippen molar-refractivity contribution in [2.45, 2.75) is 76.4 Å². The van der Waals surface area contributed by atoms with Crippen molar-refractivity contribution >= 4 is 23.0 Å². The van der Waals surface area contributed by atoms with E-state index in [-0.39, 0.29) is 23.7 Å². The van der Waals surface area contributed by atoms with E-state index in [2.05, 4.69) is 24.4 Å². The Kier molecular flexibility index (Phi) is 6.65. The van der Waals surface area contributed by atoms with E-state index in [1.54, 1.807) is 6.08 Å². The number of carbonyl (C=O) groups excluding carboxylic acids is 2. The number of esters is 1. The van der Waals surface area contributed by atoms with Crippen molar-refractivity contribution in [3.05, 3.63) is 23.8 Å². The molecule has 5 atom stereocenters. The summed E-state index contributed by atoms with van der Waals surface area (Å²) in [5, 5.41) is 13.7. The highest BCUT2D eigenvalue weighted by Gasteiger charge is 2.49. The number of nitrogens with one attached hydrogen (secondary N) is 1. The summed E-state index contributed by atoms with van der Waals surface area (Å²) in [5.41, 5.74) is 0.979. The molecule has 1 amide bonds. The van der Waals surface area contributed by atoms with Crippen molar-refractivity contribution in [3.8, 4) is 0 Å². The number of aliphatic hydroxyl groups is 1. The third kappa shape index (κ3) is 5.59. The molecule has 6 nitrogen and oxygen atoms in total. The molecule has 2 bridgehead atoms. The Morgan fingerprint density at radius 3 is 2.85 bits per heavy atom. The van der Waals surface area contributed by atoms with E-state index in [0.717, 1.165) is 43.0 Å². The number of carbonyl (C=O) groups is 2. The normalized spacial score (nSPS) is 38.6. The van der Waals surface area contributed by atoms with Gasteiger partial charge in [-0.25, -0.2) is 4.79 Å². The lowest BCUT2D eigenvalue weighted by Gasteiger charge is -2.43. The molecule has 2 fully saturated rings. The number of allylic oxidation sites excluding steroid dienone is 3.